The van der Waals surface area contributed by atoms with Gasteiger partial charge in [-0.15, -0.1) is 6.58 Å². The summed E-state index contributed by atoms with van der Waals surface area (Å²) in [5, 5.41) is 0. The van der Waals surface area contributed by atoms with Gasteiger partial charge in [-0.25, -0.2) is 4.39 Å². The molecular formula is C12H16FNO. The number of ether oxygens (including phenoxy) is 1. The van der Waals surface area contributed by atoms with Crippen LogP contribution in [0.1, 0.15) is 5.56 Å². The Morgan fingerprint density at radius 3 is 2.60 bits per heavy atom. The second-order valence-corrected chi connectivity index (χ2v) is 3.25. The zero-order chi connectivity index (χ0) is 11.1. The lowest BCUT2D eigenvalue weighted by atomic mass is 10.2. The molecule has 1 rings (SSSR count). The van der Waals surface area contributed by atoms with E-state index in [4.69, 9.17) is 10.5 Å². The molecule has 0 aromatic heterocycles. The van der Waals surface area contributed by atoms with Gasteiger partial charge < -0.3 is 10.5 Å². The minimum atomic E-state index is -1.19. The summed E-state index contributed by atoms with van der Waals surface area (Å²) >= 11 is 0. The molecule has 0 fully saturated rings. The van der Waals surface area contributed by atoms with E-state index in [0.717, 1.165) is 5.56 Å². The minimum Gasteiger partial charge on any atom is -0.366 e. The van der Waals surface area contributed by atoms with Crippen molar-refractivity contribution in [2.45, 2.75) is 18.9 Å². The van der Waals surface area contributed by atoms with E-state index < -0.39 is 12.3 Å². The lowest BCUT2D eigenvalue weighted by Crippen LogP contribution is -2.30. The number of nitrogens with two attached hydrogens (primary N) is 1. The van der Waals surface area contributed by atoms with Crippen LogP contribution >= 0.6 is 0 Å². The molecule has 2 N–H and O–H groups in total. The standard InChI is InChI=1S/C12H16FNO/c1-2-12(11(13)8-14)15-9-10-6-4-3-5-7-10/h2-7,11-12H,1,8-9,14H2/t11-,12-/m1/s1. The SMILES string of the molecule is C=C[C@@H](OCc1ccccc1)[C@H](F)CN. The van der Waals surface area contributed by atoms with Crippen LogP contribution in [0.4, 0.5) is 4.39 Å². The summed E-state index contributed by atoms with van der Waals surface area (Å²) in [5.41, 5.74) is 6.22. The van der Waals surface area contributed by atoms with E-state index in [9.17, 15) is 4.39 Å². The molecule has 2 atom stereocenters. The molecule has 2 nitrogen and oxygen atoms in total. The molecule has 0 aliphatic rings. The van der Waals surface area contributed by atoms with Gasteiger partial charge in [-0.1, -0.05) is 36.4 Å². The van der Waals surface area contributed by atoms with Gasteiger partial charge in [0.25, 0.3) is 0 Å². The molecule has 0 aliphatic carbocycles. The van der Waals surface area contributed by atoms with Gasteiger partial charge in [0.2, 0.25) is 0 Å². The number of benzene rings is 1. The number of alkyl halides is 1. The maximum atomic E-state index is 13.2. The monoisotopic (exact) mass is 209 g/mol. The van der Waals surface area contributed by atoms with E-state index in [2.05, 4.69) is 6.58 Å². The van der Waals surface area contributed by atoms with Crippen LogP contribution in [-0.4, -0.2) is 18.8 Å². The molecule has 0 unspecified atom stereocenters. The average molecular weight is 209 g/mol. The van der Waals surface area contributed by atoms with Gasteiger partial charge in [-0.2, -0.15) is 0 Å². The second kappa shape index (κ2) is 6.32. The highest BCUT2D eigenvalue weighted by atomic mass is 19.1. The van der Waals surface area contributed by atoms with Crippen molar-refractivity contribution in [3.8, 4) is 0 Å². The number of hydrogen-bond donors (Lipinski definition) is 1. The third-order valence-electron chi connectivity index (χ3n) is 2.10. The normalized spacial score (nSPS) is 14.5. The topological polar surface area (TPSA) is 35.2 Å². The fourth-order valence-corrected chi connectivity index (χ4v) is 1.22. The van der Waals surface area contributed by atoms with Gasteiger partial charge in [0, 0.05) is 6.54 Å². The van der Waals surface area contributed by atoms with Crippen LogP contribution in [0.15, 0.2) is 43.0 Å². The molecule has 0 spiro atoms. The van der Waals surface area contributed by atoms with Crippen molar-refractivity contribution < 1.29 is 9.13 Å². The quantitative estimate of drug-likeness (QED) is 0.728. The molecule has 1 aromatic rings. The Balaban J connectivity index is 2.44. The van der Waals surface area contributed by atoms with Crippen molar-refractivity contribution in [1.29, 1.82) is 0 Å². The highest BCUT2D eigenvalue weighted by molar-refractivity contribution is 5.13. The molecule has 0 heterocycles. The van der Waals surface area contributed by atoms with Crippen LogP contribution in [0.3, 0.4) is 0 Å². The molecule has 3 heteroatoms. The first-order valence-electron chi connectivity index (χ1n) is 4.90. The number of rotatable bonds is 6. The number of halogens is 1. The molecule has 0 aliphatic heterocycles. The summed E-state index contributed by atoms with van der Waals surface area (Å²) in [4.78, 5) is 0. The van der Waals surface area contributed by atoms with E-state index in [1.165, 1.54) is 6.08 Å². The lowest BCUT2D eigenvalue weighted by Gasteiger charge is -2.16. The van der Waals surface area contributed by atoms with Crippen molar-refractivity contribution in [3.05, 3.63) is 48.6 Å². The summed E-state index contributed by atoms with van der Waals surface area (Å²) in [7, 11) is 0. The Kier molecular flexibility index (Phi) is 5.01. The summed E-state index contributed by atoms with van der Waals surface area (Å²) in [5.74, 6) is 0. The van der Waals surface area contributed by atoms with E-state index in [0.29, 0.717) is 6.61 Å². The van der Waals surface area contributed by atoms with Gasteiger partial charge in [-0.3, -0.25) is 0 Å². The molecule has 0 bridgehead atoms. The fraction of sp³-hybridized carbons (Fsp3) is 0.333. The van der Waals surface area contributed by atoms with Gasteiger partial charge >= 0.3 is 0 Å². The molecule has 0 radical (unpaired) electrons. The molecule has 1 aromatic carbocycles. The number of hydrogen-bond acceptors (Lipinski definition) is 2. The Morgan fingerprint density at radius 1 is 1.40 bits per heavy atom. The zero-order valence-corrected chi connectivity index (χ0v) is 8.60. The third-order valence-corrected chi connectivity index (χ3v) is 2.10. The van der Waals surface area contributed by atoms with Crippen LogP contribution in [0.5, 0.6) is 0 Å². The largest absolute Gasteiger partial charge is 0.366 e. The molecule has 15 heavy (non-hydrogen) atoms. The van der Waals surface area contributed by atoms with Gasteiger partial charge in [0.1, 0.15) is 12.3 Å². The molecule has 0 amide bonds. The van der Waals surface area contributed by atoms with Crippen LogP contribution in [0.2, 0.25) is 0 Å². The van der Waals surface area contributed by atoms with E-state index in [1.807, 2.05) is 30.3 Å². The summed E-state index contributed by atoms with van der Waals surface area (Å²) in [6.45, 7) is 3.84. The van der Waals surface area contributed by atoms with E-state index in [-0.39, 0.29) is 6.54 Å². The minimum absolute atomic E-state index is 0.0501. The van der Waals surface area contributed by atoms with Gasteiger partial charge in [-0.05, 0) is 5.56 Å². The summed E-state index contributed by atoms with van der Waals surface area (Å²) in [6, 6.07) is 9.60. The van der Waals surface area contributed by atoms with Crippen LogP contribution in [-0.2, 0) is 11.3 Å². The van der Waals surface area contributed by atoms with Crippen molar-refractivity contribution in [1.82, 2.24) is 0 Å². The maximum absolute atomic E-state index is 13.2. The Hall–Kier alpha value is -1.19. The Bertz CT molecular complexity index is 289. The first-order chi connectivity index (χ1) is 7.27. The highest BCUT2D eigenvalue weighted by Gasteiger charge is 2.16. The average Bonchev–Trinajstić information content (AvgIpc) is 2.31. The molecular weight excluding hydrogens is 193 g/mol. The van der Waals surface area contributed by atoms with Crippen molar-refractivity contribution in [2.24, 2.45) is 5.73 Å². The molecule has 82 valence electrons. The first kappa shape index (κ1) is 11.9. The predicted molar refractivity (Wildman–Crippen MR) is 59.2 cm³/mol. The summed E-state index contributed by atoms with van der Waals surface area (Å²) < 4.78 is 18.5. The van der Waals surface area contributed by atoms with Gasteiger partial charge in [0.05, 0.1) is 6.61 Å². The van der Waals surface area contributed by atoms with Crippen LogP contribution in [0.25, 0.3) is 0 Å². The smallest absolute Gasteiger partial charge is 0.142 e. The van der Waals surface area contributed by atoms with Gasteiger partial charge in [0.15, 0.2) is 0 Å². The second-order valence-electron chi connectivity index (χ2n) is 3.25. The van der Waals surface area contributed by atoms with Crippen LogP contribution in [0, 0.1) is 0 Å². The van der Waals surface area contributed by atoms with Crippen molar-refractivity contribution in [3.63, 3.8) is 0 Å². The lowest BCUT2D eigenvalue weighted by molar-refractivity contribution is 0.0211. The predicted octanol–water partition coefficient (Wildman–Crippen LogP) is 2.05. The summed E-state index contributed by atoms with van der Waals surface area (Å²) in [6.07, 6.45) is -0.373. The van der Waals surface area contributed by atoms with E-state index in [1.54, 1.807) is 0 Å². The van der Waals surface area contributed by atoms with E-state index >= 15 is 0 Å². The maximum Gasteiger partial charge on any atom is 0.142 e. The zero-order valence-electron chi connectivity index (χ0n) is 8.60. The van der Waals surface area contributed by atoms with Crippen LogP contribution < -0.4 is 5.73 Å². The Morgan fingerprint density at radius 2 is 2.07 bits per heavy atom. The fourth-order valence-electron chi connectivity index (χ4n) is 1.22. The molecule has 0 saturated heterocycles. The Labute approximate surface area is 89.6 Å². The molecule has 0 saturated carbocycles. The third kappa shape index (κ3) is 3.81. The van der Waals surface area contributed by atoms with Crippen molar-refractivity contribution >= 4 is 0 Å². The van der Waals surface area contributed by atoms with Crippen molar-refractivity contribution in [2.75, 3.05) is 6.54 Å². The highest BCUT2D eigenvalue weighted by Crippen LogP contribution is 2.08. The first-order valence-corrected chi connectivity index (χ1v) is 4.90.